The summed E-state index contributed by atoms with van der Waals surface area (Å²) in [5, 5.41) is 7.16. The van der Waals surface area contributed by atoms with E-state index >= 15 is 0 Å². The molecule has 2 aromatic rings. The molecule has 0 fully saturated rings. The van der Waals surface area contributed by atoms with Gasteiger partial charge in [-0.3, -0.25) is 4.68 Å². The van der Waals surface area contributed by atoms with Crippen LogP contribution < -0.4 is 5.32 Å². The van der Waals surface area contributed by atoms with E-state index in [1.165, 1.54) is 0 Å². The molecular weight excluding hydrogens is 245 g/mol. The van der Waals surface area contributed by atoms with E-state index < -0.39 is 0 Å². The number of rotatable bonds is 5. The summed E-state index contributed by atoms with van der Waals surface area (Å²) in [6, 6.07) is 0. The molecule has 2 heterocycles. The van der Waals surface area contributed by atoms with E-state index in [0.29, 0.717) is 18.1 Å². The molecular formula is C13H18FN5. The molecule has 2 aromatic heterocycles. The summed E-state index contributed by atoms with van der Waals surface area (Å²) < 4.78 is 15.7. The molecule has 19 heavy (non-hydrogen) atoms. The molecule has 0 aliphatic rings. The van der Waals surface area contributed by atoms with Crippen molar-refractivity contribution in [2.75, 3.05) is 11.9 Å². The normalized spacial score (nSPS) is 10.7. The van der Waals surface area contributed by atoms with Gasteiger partial charge in [0.2, 0.25) is 0 Å². The Labute approximate surface area is 111 Å². The molecule has 102 valence electrons. The number of anilines is 1. The zero-order valence-corrected chi connectivity index (χ0v) is 11.4. The molecule has 0 aromatic carbocycles. The second-order valence-electron chi connectivity index (χ2n) is 4.31. The van der Waals surface area contributed by atoms with Gasteiger partial charge < -0.3 is 5.32 Å². The van der Waals surface area contributed by atoms with Gasteiger partial charge in [0, 0.05) is 19.3 Å². The van der Waals surface area contributed by atoms with Gasteiger partial charge in [-0.2, -0.15) is 5.10 Å². The fourth-order valence-corrected chi connectivity index (χ4v) is 1.70. The monoisotopic (exact) mass is 263 g/mol. The quantitative estimate of drug-likeness (QED) is 0.901. The highest BCUT2D eigenvalue weighted by molar-refractivity contribution is 5.56. The number of aryl methyl sites for hydroxylation is 2. The van der Waals surface area contributed by atoms with E-state index in [0.717, 1.165) is 18.5 Å². The van der Waals surface area contributed by atoms with Crippen LogP contribution in [0.5, 0.6) is 0 Å². The minimum absolute atomic E-state index is 0.258. The lowest BCUT2D eigenvalue weighted by Crippen LogP contribution is -2.08. The van der Waals surface area contributed by atoms with Crippen LogP contribution in [0.4, 0.5) is 10.2 Å². The number of nitrogens with one attached hydrogen (secondary N) is 1. The van der Waals surface area contributed by atoms with E-state index in [4.69, 9.17) is 0 Å². The molecule has 0 atom stereocenters. The minimum atomic E-state index is -0.389. The zero-order valence-electron chi connectivity index (χ0n) is 11.4. The average Bonchev–Trinajstić information content (AvgIpc) is 2.89. The van der Waals surface area contributed by atoms with Gasteiger partial charge in [-0.25, -0.2) is 14.4 Å². The predicted molar refractivity (Wildman–Crippen MR) is 72.4 cm³/mol. The summed E-state index contributed by atoms with van der Waals surface area (Å²) in [7, 11) is 0. The second kappa shape index (κ2) is 5.77. The van der Waals surface area contributed by atoms with Crippen molar-refractivity contribution in [3.05, 3.63) is 23.9 Å². The lowest BCUT2D eigenvalue weighted by atomic mass is 10.3. The van der Waals surface area contributed by atoms with Crippen molar-refractivity contribution in [2.24, 2.45) is 0 Å². The van der Waals surface area contributed by atoms with E-state index in [9.17, 15) is 4.39 Å². The Kier molecular flexibility index (Phi) is 4.09. The van der Waals surface area contributed by atoms with Gasteiger partial charge >= 0.3 is 0 Å². The third-order valence-electron chi connectivity index (χ3n) is 2.77. The Morgan fingerprint density at radius 1 is 1.32 bits per heavy atom. The molecule has 0 aliphatic carbocycles. The predicted octanol–water partition coefficient (Wildman–Crippen LogP) is 2.63. The molecule has 6 heteroatoms. The van der Waals surface area contributed by atoms with E-state index in [2.05, 4.69) is 20.4 Å². The fourth-order valence-electron chi connectivity index (χ4n) is 1.70. The summed E-state index contributed by atoms with van der Waals surface area (Å²) in [5.74, 6) is 0.367. The first-order valence-electron chi connectivity index (χ1n) is 6.46. The van der Waals surface area contributed by atoms with Crippen molar-refractivity contribution in [3.8, 4) is 11.4 Å². The van der Waals surface area contributed by atoms with Crippen LogP contribution in [0.3, 0.4) is 0 Å². The number of nitrogens with zero attached hydrogens (tertiary/aromatic N) is 4. The summed E-state index contributed by atoms with van der Waals surface area (Å²) >= 11 is 0. The maximum Gasteiger partial charge on any atom is 0.186 e. The SMILES string of the molecule is CCCNc1nc(-c2cnn(CC)c2)nc(C)c1F. The lowest BCUT2D eigenvalue weighted by molar-refractivity contribution is 0.605. The van der Waals surface area contributed by atoms with E-state index in [-0.39, 0.29) is 11.6 Å². The van der Waals surface area contributed by atoms with Gasteiger partial charge in [-0.15, -0.1) is 0 Å². The van der Waals surface area contributed by atoms with E-state index in [1.807, 2.05) is 20.0 Å². The van der Waals surface area contributed by atoms with Crippen molar-refractivity contribution in [2.45, 2.75) is 33.7 Å². The van der Waals surface area contributed by atoms with Crippen LogP contribution in [0, 0.1) is 12.7 Å². The lowest BCUT2D eigenvalue weighted by Gasteiger charge is -2.08. The summed E-state index contributed by atoms with van der Waals surface area (Å²) in [6.07, 6.45) is 4.46. The van der Waals surface area contributed by atoms with Gasteiger partial charge in [0.05, 0.1) is 17.5 Å². The zero-order chi connectivity index (χ0) is 13.8. The van der Waals surface area contributed by atoms with Gasteiger partial charge in [0.25, 0.3) is 0 Å². The maximum absolute atomic E-state index is 13.9. The molecule has 0 amide bonds. The third-order valence-corrected chi connectivity index (χ3v) is 2.77. The van der Waals surface area contributed by atoms with Crippen LogP contribution >= 0.6 is 0 Å². The maximum atomic E-state index is 13.9. The molecule has 0 bridgehead atoms. The van der Waals surface area contributed by atoms with Crippen LogP contribution in [0.2, 0.25) is 0 Å². The summed E-state index contributed by atoms with van der Waals surface area (Å²) in [4.78, 5) is 8.42. The Hall–Kier alpha value is -1.98. The van der Waals surface area contributed by atoms with Crippen molar-refractivity contribution in [1.29, 1.82) is 0 Å². The van der Waals surface area contributed by atoms with Gasteiger partial charge in [-0.05, 0) is 20.3 Å². The Morgan fingerprint density at radius 2 is 2.11 bits per heavy atom. The first kappa shape index (κ1) is 13.5. The molecule has 0 saturated heterocycles. The fraction of sp³-hybridized carbons (Fsp3) is 0.462. The van der Waals surface area contributed by atoms with E-state index in [1.54, 1.807) is 17.8 Å². The topological polar surface area (TPSA) is 55.6 Å². The first-order valence-corrected chi connectivity index (χ1v) is 6.46. The average molecular weight is 263 g/mol. The molecule has 2 rings (SSSR count). The third kappa shape index (κ3) is 2.89. The second-order valence-corrected chi connectivity index (χ2v) is 4.31. The Morgan fingerprint density at radius 3 is 2.74 bits per heavy atom. The van der Waals surface area contributed by atoms with Crippen LogP contribution in [0.25, 0.3) is 11.4 Å². The number of halogens is 1. The highest BCUT2D eigenvalue weighted by atomic mass is 19.1. The summed E-state index contributed by atoms with van der Waals surface area (Å²) in [6.45, 7) is 7.12. The Balaban J connectivity index is 2.37. The first-order chi connectivity index (χ1) is 9.15. The van der Waals surface area contributed by atoms with Gasteiger partial charge in [0.1, 0.15) is 0 Å². The molecule has 1 N–H and O–H groups in total. The van der Waals surface area contributed by atoms with Crippen molar-refractivity contribution in [3.63, 3.8) is 0 Å². The standard InChI is InChI=1S/C13H18FN5/c1-4-6-15-13-11(14)9(3)17-12(18-13)10-7-16-19(5-2)8-10/h7-8H,4-6H2,1-3H3,(H,15,17,18). The molecule has 0 saturated carbocycles. The van der Waals surface area contributed by atoms with Gasteiger partial charge in [-0.1, -0.05) is 6.92 Å². The van der Waals surface area contributed by atoms with Crippen molar-refractivity contribution >= 4 is 5.82 Å². The van der Waals surface area contributed by atoms with Crippen LogP contribution in [0.1, 0.15) is 26.0 Å². The summed E-state index contributed by atoms with van der Waals surface area (Å²) in [5.41, 5.74) is 1.14. The van der Waals surface area contributed by atoms with Crippen molar-refractivity contribution < 1.29 is 4.39 Å². The highest BCUT2D eigenvalue weighted by Crippen LogP contribution is 2.20. The Bertz CT molecular complexity index is 564. The van der Waals surface area contributed by atoms with Crippen LogP contribution in [0.15, 0.2) is 12.4 Å². The smallest absolute Gasteiger partial charge is 0.186 e. The van der Waals surface area contributed by atoms with Crippen LogP contribution in [-0.2, 0) is 6.54 Å². The molecule has 0 radical (unpaired) electrons. The molecule has 0 unspecified atom stereocenters. The van der Waals surface area contributed by atoms with Gasteiger partial charge in [0.15, 0.2) is 17.5 Å². The minimum Gasteiger partial charge on any atom is -0.368 e. The molecule has 0 spiro atoms. The number of aromatic nitrogens is 4. The number of hydrogen-bond acceptors (Lipinski definition) is 4. The molecule has 0 aliphatic heterocycles. The van der Waals surface area contributed by atoms with Crippen LogP contribution in [-0.4, -0.2) is 26.3 Å². The highest BCUT2D eigenvalue weighted by Gasteiger charge is 2.13. The van der Waals surface area contributed by atoms with Crippen molar-refractivity contribution in [1.82, 2.24) is 19.7 Å². The largest absolute Gasteiger partial charge is 0.368 e. The number of hydrogen-bond donors (Lipinski definition) is 1. The molecule has 5 nitrogen and oxygen atoms in total.